The number of ether oxygens (including phenoxy) is 1. The molecule has 1 aliphatic rings. The van der Waals surface area contributed by atoms with Crippen molar-refractivity contribution in [2.45, 2.75) is 37.8 Å². The van der Waals surface area contributed by atoms with Crippen molar-refractivity contribution in [2.75, 3.05) is 13.7 Å². The van der Waals surface area contributed by atoms with Gasteiger partial charge in [-0.15, -0.1) is 0 Å². The Bertz CT molecular complexity index is 518. The van der Waals surface area contributed by atoms with Gasteiger partial charge in [-0.25, -0.2) is 4.39 Å². The number of hydrogen-bond acceptors (Lipinski definition) is 4. The first-order valence-electron chi connectivity index (χ1n) is 7.45. The van der Waals surface area contributed by atoms with Gasteiger partial charge in [0.25, 0.3) is 0 Å². The average Bonchev–Trinajstić information content (AvgIpc) is 2.54. The molecule has 0 aliphatic heterocycles. The Kier molecular flexibility index (Phi) is 6.17. The van der Waals surface area contributed by atoms with Crippen LogP contribution in [0, 0.1) is 11.7 Å². The van der Waals surface area contributed by atoms with Gasteiger partial charge < -0.3 is 15.2 Å². The molecule has 1 fully saturated rings. The zero-order chi connectivity index (χ0) is 16.1. The van der Waals surface area contributed by atoms with Crippen LogP contribution in [-0.2, 0) is 9.53 Å². The summed E-state index contributed by atoms with van der Waals surface area (Å²) in [6.45, 7) is 0.342. The van der Waals surface area contributed by atoms with E-state index in [9.17, 15) is 14.3 Å². The van der Waals surface area contributed by atoms with E-state index in [1.54, 1.807) is 6.07 Å². The van der Waals surface area contributed by atoms with E-state index in [4.69, 9.17) is 16.3 Å². The highest BCUT2D eigenvalue weighted by molar-refractivity contribution is 6.30. The van der Waals surface area contributed by atoms with Crippen LogP contribution in [0.15, 0.2) is 18.2 Å². The van der Waals surface area contributed by atoms with Gasteiger partial charge in [0, 0.05) is 12.6 Å². The number of esters is 1. The molecule has 122 valence electrons. The molecule has 1 aromatic carbocycles. The fourth-order valence-corrected chi connectivity index (χ4v) is 2.93. The van der Waals surface area contributed by atoms with Crippen molar-refractivity contribution in [1.29, 1.82) is 0 Å². The lowest BCUT2D eigenvalue weighted by Crippen LogP contribution is -2.37. The average molecular weight is 330 g/mol. The van der Waals surface area contributed by atoms with Gasteiger partial charge in [0.05, 0.1) is 24.2 Å². The lowest BCUT2D eigenvalue weighted by molar-refractivity contribution is -0.146. The summed E-state index contributed by atoms with van der Waals surface area (Å²) in [7, 11) is 1.41. The highest BCUT2D eigenvalue weighted by Gasteiger charge is 2.27. The van der Waals surface area contributed by atoms with Crippen molar-refractivity contribution in [3.05, 3.63) is 34.6 Å². The van der Waals surface area contributed by atoms with E-state index >= 15 is 0 Å². The molecule has 6 heteroatoms. The third-order valence-corrected chi connectivity index (χ3v) is 4.50. The molecule has 1 aromatic rings. The molecule has 1 unspecified atom stereocenters. The maximum Gasteiger partial charge on any atom is 0.308 e. The molecule has 2 N–H and O–H groups in total. The normalized spacial score (nSPS) is 23.1. The Morgan fingerprint density at radius 3 is 2.73 bits per heavy atom. The molecule has 0 radical (unpaired) electrons. The number of carbonyl (C=O) groups is 1. The molecule has 0 spiro atoms. The molecule has 0 amide bonds. The lowest BCUT2D eigenvalue weighted by atomic mass is 9.86. The fourth-order valence-electron chi connectivity index (χ4n) is 2.82. The van der Waals surface area contributed by atoms with Crippen molar-refractivity contribution < 1.29 is 19.0 Å². The number of rotatable bonds is 5. The van der Waals surface area contributed by atoms with E-state index in [2.05, 4.69) is 5.32 Å². The second kappa shape index (κ2) is 7.90. The zero-order valence-corrected chi connectivity index (χ0v) is 13.3. The maximum atomic E-state index is 13.4. The lowest BCUT2D eigenvalue weighted by Gasteiger charge is -2.28. The van der Waals surface area contributed by atoms with E-state index in [1.165, 1.54) is 19.2 Å². The predicted molar refractivity (Wildman–Crippen MR) is 82.1 cm³/mol. The number of aliphatic hydroxyl groups is 1. The summed E-state index contributed by atoms with van der Waals surface area (Å²) in [5.74, 6) is -0.690. The third-order valence-electron chi connectivity index (χ3n) is 4.19. The quantitative estimate of drug-likeness (QED) is 0.816. The van der Waals surface area contributed by atoms with Crippen LogP contribution in [0.25, 0.3) is 0 Å². The van der Waals surface area contributed by atoms with E-state index < -0.39 is 11.9 Å². The maximum absolute atomic E-state index is 13.4. The molecule has 1 atom stereocenters. The van der Waals surface area contributed by atoms with E-state index in [-0.39, 0.29) is 23.0 Å². The minimum absolute atomic E-state index is 0.0154. The molecule has 0 aromatic heterocycles. The Labute approximate surface area is 134 Å². The molecule has 0 bridgehead atoms. The smallest absolute Gasteiger partial charge is 0.308 e. The molecule has 0 heterocycles. The van der Waals surface area contributed by atoms with Crippen LogP contribution in [0.4, 0.5) is 4.39 Å². The minimum Gasteiger partial charge on any atom is -0.469 e. The molecule has 22 heavy (non-hydrogen) atoms. The standard InChI is InChI=1S/C16H21ClFNO3/c1-22-16(21)10-2-5-12(6-3-10)19-9-15(20)11-4-7-13(17)14(18)8-11/h4,7-8,10,12,15,19-20H,2-3,5-6,9H2,1H3. The summed E-state index contributed by atoms with van der Waals surface area (Å²) in [6, 6.07) is 4.57. The number of nitrogens with one attached hydrogen (secondary N) is 1. The summed E-state index contributed by atoms with van der Waals surface area (Å²) < 4.78 is 18.1. The fraction of sp³-hybridized carbons (Fsp3) is 0.562. The van der Waals surface area contributed by atoms with Gasteiger partial charge in [-0.3, -0.25) is 4.79 Å². The second-order valence-corrected chi connectivity index (χ2v) is 6.08. The number of methoxy groups -OCH3 is 1. The predicted octanol–water partition coefficient (Wildman–Crippen LogP) is 2.83. The van der Waals surface area contributed by atoms with Crippen LogP contribution in [0.1, 0.15) is 37.4 Å². The van der Waals surface area contributed by atoms with Gasteiger partial charge >= 0.3 is 5.97 Å². The van der Waals surface area contributed by atoms with Gasteiger partial charge in [-0.05, 0) is 43.4 Å². The van der Waals surface area contributed by atoms with Crippen LogP contribution >= 0.6 is 11.6 Å². The van der Waals surface area contributed by atoms with E-state index in [0.717, 1.165) is 25.7 Å². The van der Waals surface area contributed by atoms with Gasteiger partial charge in [0.1, 0.15) is 5.82 Å². The van der Waals surface area contributed by atoms with Crippen molar-refractivity contribution in [1.82, 2.24) is 5.32 Å². The number of benzene rings is 1. The van der Waals surface area contributed by atoms with Gasteiger partial charge in [-0.2, -0.15) is 0 Å². The molecule has 0 saturated heterocycles. The van der Waals surface area contributed by atoms with Crippen LogP contribution in [0.5, 0.6) is 0 Å². The Morgan fingerprint density at radius 1 is 1.45 bits per heavy atom. The van der Waals surface area contributed by atoms with Crippen LogP contribution < -0.4 is 5.32 Å². The summed E-state index contributed by atoms with van der Waals surface area (Å²) in [6.07, 6.45) is 2.51. The summed E-state index contributed by atoms with van der Waals surface area (Å²) in [5.41, 5.74) is 0.498. The molecule has 1 aliphatic carbocycles. The summed E-state index contributed by atoms with van der Waals surface area (Å²) in [4.78, 5) is 11.5. The van der Waals surface area contributed by atoms with Gasteiger partial charge in [0.2, 0.25) is 0 Å². The summed E-state index contributed by atoms with van der Waals surface area (Å²) in [5, 5.41) is 13.4. The molecular formula is C16H21ClFNO3. The Hall–Kier alpha value is -1.17. The Morgan fingerprint density at radius 2 is 2.14 bits per heavy atom. The summed E-state index contributed by atoms with van der Waals surface area (Å²) >= 11 is 5.63. The van der Waals surface area contributed by atoms with Crippen molar-refractivity contribution in [3.8, 4) is 0 Å². The van der Waals surface area contributed by atoms with E-state index in [0.29, 0.717) is 12.1 Å². The molecule has 2 rings (SSSR count). The number of aliphatic hydroxyl groups excluding tert-OH is 1. The Balaban J connectivity index is 1.78. The first kappa shape index (κ1) is 17.2. The molecule has 1 saturated carbocycles. The van der Waals surface area contributed by atoms with E-state index in [1.807, 2.05) is 0 Å². The van der Waals surface area contributed by atoms with Gasteiger partial charge in [-0.1, -0.05) is 17.7 Å². The third kappa shape index (κ3) is 4.41. The first-order valence-corrected chi connectivity index (χ1v) is 7.83. The minimum atomic E-state index is -0.787. The highest BCUT2D eigenvalue weighted by Crippen LogP contribution is 2.26. The van der Waals surface area contributed by atoms with Crippen molar-refractivity contribution >= 4 is 17.6 Å². The SMILES string of the molecule is COC(=O)C1CCC(NCC(O)c2ccc(Cl)c(F)c2)CC1. The largest absolute Gasteiger partial charge is 0.469 e. The second-order valence-electron chi connectivity index (χ2n) is 5.67. The number of carbonyl (C=O) groups excluding carboxylic acids is 1. The van der Waals surface area contributed by atoms with Crippen LogP contribution in [0.3, 0.4) is 0 Å². The number of hydrogen-bond donors (Lipinski definition) is 2. The van der Waals surface area contributed by atoms with Gasteiger partial charge in [0.15, 0.2) is 0 Å². The molecular weight excluding hydrogens is 309 g/mol. The molecule has 4 nitrogen and oxygen atoms in total. The highest BCUT2D eigenvalue weighted by atomic mass is 35.5. The zero-order valence-electron chi connectivity index (χ0n) is 12.5. The van der Waals surface area contributed by atoms with Crippen molar-refractivity contribution in [2.24, 2.45) is 5.92 Å². The van der Waals surface area contributed by atoms with Crippen LogP contribution in [0.2, 0.25) is 5.02 Å². The number of halogens is 2. The first-order chi connectivity index (χ1) is 10.5. The van der Waals surface area contributed by atoms with Crippen molar-refractivity contribution in [3.63, 3.8) is 0 Å². The van der Waals surface area contributed by atoms with Crippen LogP contribution in [-0.4, -0.2) is 30.8 Å². The topological polar surface area (TPSA) is 58.6 Å². The monoisotopic (exact) mass is 329 g/mol.